The summed E-state index contributed by atoms with van der Waals surface area (Å²) >= 11 is 0. The molecule has 0 aliphatic rings. The quantitative estimate of drug-likeness (QED) is 0.228. The molecule has 0 radical (unpaired) electrons. The lowest BCUT2D eigenvalue weighted by Crippen LogP contribution is -2.42. The van der Waals surface area contributed by atoms with Gasteiger partial charge >= 0.3 is 0 Å². The molecule has 0 aliphatic heterocycles. The van der Waals surface area contributed by atoms with E-state index in [4.69, 9.17) is 0 Å². The molecule has 0 aliphatic carbocycles. The fraction of sp³-hybridized carbons (Fsp3) is 0.767. The molecule has 0 bridgehead atoms. The highest BCUT2D eigenvalue weighted by atomic mass is 16.3. The molecular weight excluding hydrogens is 420 g/mol. The van der Waals surface area contributed by atoms with Crippen molar-refractivity contribution in [1.82, 2.24) is 5.32 Å². The predicted octanol–water partition coefficient (Wildman–Crippen LogP) is 6.86. The SMILES string of the molecule is CCCCCCCC[N+](C)(C)CCCNC(=O)CCc1cc(C(C)(C)C)c(O)c(C(C)(C)C)c1. The van der Waals surface area contributed by atoms with Crippen molar-refractivity contribution in [3.05, 3.63) is 28.8 Å². The maximum Gasteiger partial charge on any atom is 0.220 e. The first kappa shape index (κ1) is 30.5. The molecule has 2 N–H and O–H groups in total. The molecule has 0 aromatic heterocycles. The summed E-state index contributed by atoms with van der Waals surface area (Å²) in [5.41, 5.74) is 2.74. The summed E-state index contributed by atoms with van der Waals surface area (Å²) in [7, 11) is 4.61. The summed E-state index contributed by atoms with van der Waals surface area (Å²) in [6.45, 7) is 18.0. The molecule has 0 saturated carbocycles. The molecular formula is C30H55N2O2+. The Morgan fingerprint density at radius 3 is 1.88 bits per heavy atom. The first-order chi connectivity index (χ1) is 15.7. The summed E-state index contributed by atoms with van der Waals surface area (Å²) in [6.07, 6.45) is 10.2. The van der Waals surface area contributed by atoms with Crippen molar-refractivity contribution >= 4 is 5.91 Å². The molecule has 1 aromatic carbocycles. The van der Waals surface area contributed by atoms with Crippen molar-refractivity contribution in [2.45, 2.75) is 117 Å². The zero-order valence-corrected chi connectivity index (χ0v) is 23.9. The lowest BCUT2D eigenvalue weighted by Gasteiger charge is -2.30. The van der Waals surface area contributed by atoms with Crippen LogP contribution >= 0.6 is 0 Å². The van der Waals surface area contributed by atoms with Gasteiger partial charge in [-0.1, -0.05) is 86.3 Å². The van der Waals surface area contributed by atoms with Gasteiger partial charge in [0.05, 0.1) is 27.2 Å². The fourth-order valence-electron chi connectivity index (χ4n) is 4.50. The van der Waals surface area contributed by atoms with E-state index >= 15 is 0 Å². The molecule has 4 nitrogen and oxygen atoms in total. The van der Waals surface area contributed by atoms with Gasteiger partial charge in [-0.3, -0.25) is 4.79 Å². The van der Waals surface area contributed by atoms with Crippen LogP contribution in [0.3, 0.4) is 0 Å². The average molecular weight is 476 g/mol. The summed E-state index contributed by atoms with van der Waals surface area (Å²) in [5, 5.41) is 14.0. The van der Waals surface area contributed by atoms with E-state index in [1.807, 2.05) is 0 Å². The molecule has 196 valence electrons. The van der Waals surface area contributed by atoms with E-state index in [9.17, 15) is 9.90 Å². The molecule has 0 fully saturated rings. The fourth-order valence-corrected chi connectivity index (χ4v) is 4.50. The number of hydrogen-bond acceptors (Lipinski definition) is 2. The Labute approximate surface area is 211 Å². The van der Waals surface area contributed by atoms with Crippen molar-refractivity contribution in [2.24, 2.45) is 0 Å². The van der Waals surface area contributed by atoms with E-state index in [2.05, 4.69) is 80.0 Å². The van der Waals surface area contributed by atoms with Crippen molar-refractivity contribution in [2.75, 3.05) is 33.7 Å². The molecule has 1 aromatic rings. The van der Waals surface area contributed by atoms with E-state index in [0.29, 0.717) is 18.6 Å². The van der Waals surface area contributed by atoms with Gasteiger partial charge in [0.2, 0.25) is 5.91 Å². The highest BCUT2D eigenvalue weighted by molar-refractivity contribution is 5.76. The van der Waals surface area contributed by atoms with Crippen LogP contribution in [0.2, 0.25) is 0 Å². The Kier molecular flexibility index (Phi) is 12.1. The highest BCUT2D eigenvalue weighted by Gasteiger charge is 2.26. The van der Waals surface area contributed by atoms with Crippen LogP contribution in [0.15, 0.2) is 12.1 Å². The number of aryl methyl sites for hydroxylation is 1. The average Bonchev–Trinajstić information content (AvgIpc) is 2.71. The van der Waals surface area contributed by atoms with E-state index in [1.54, 1.807) is 0 Å². The molecule has 0 unspecified atom stereocenters. The van der Waals surface area contributed by atoms with E-state index in [0.717, 1.165) is 40.7 Å². The number of phenols is 1. The number of amides is 1. The molecule has 0 spiro atoms. The second kappa shape index (κ2) is 13.5. The van der Waals surface area contributed by atoms with Crippen molar-refractivity contribution in [3.63, 3.8) is 0 Å². The van der Waals surface area contributed by atoms with Crippen LogP contribution in [0.5, 0.6) is 5.75 Å². The van der Waals surface area contributed by atoms with Crippen molar-refractivity contribution in [3.8, 4) is 5.75 Å². The smallest absolute Gasteiger partial charge is 0.220 e. The Morgan fingerprint density at radius 2 is 1.35 bits per heavy atom. The van der Waals surface area contributed by atoms with Crippen LogP contribution in [-0.4, -0.2) is 49.2 Å². The molecule has 1 rings (SSSR count). The Balaban J connectivity index is 2.50. The number of phenolic OH excluding ortho intramolecular Hbond substituents is 1. The van der Waals surface area contributed by atoms with Gasteiger partial charge in [0.1, 0.15) is 5.75 Å². The predicted molar refractivity (Wildman–Crippen MR) is 147 cm³/mol. The van der Waals surface area contributed by atoms with E-state index < -0.39 is 0 Å². The molecule has 0 saturated heterocycles. The van der Waals surface area contributed by atoms with Gasteiger partial charge in [-0.05, 0) is 46.8 Å². The molecule has 1 amide bonds. The third-order valence-electron chi connectivity index (χ3n) is 6.81. The van der Waals surface area contributed by atoms with Crippen LogP contribution in [0.4, 0.5) is 0 Å². The molecule has 4 heteroatoms. The number of carbonyl (C=O) groups is 1. The lowest BCUT2D eigenvalue weighted by atomic mass is 9.78. The van der Waals surface area contributed by atoms with Gasteiger partial charge in [-0.25, -0.2) is 0 Å². The Morgan fingerprint density at radius 1 is 0.853 bits per heavy atom. The second-order valence-corrected chi connectivity index (χ2v) is 12.9. The third kappa shape index (κ3) is 11.3. The minimum absolute atomic E-state index is 0.115. The first-order valence-corrected chi connectivity index (χ1v) is 13.6. The van der Waals surface area contributed by atoms with Crippen LogP contribution in [0, 0.1) is 0 Å². The van der Waals surface area contributed by atoms with Gasteiger partial charge in [0.15, 0.2) is 0 Å². The van der Waals surface area contributed by atoms with Gasteiger partial charge in [0, 0.05) is 19.4 Å². The van der Waals surface area contributed by atoms with E-state index in [1.165, 1.54) is 45.1 Å². The number of carbonyl (C=O) groups excluding carboxylic acids is 1. The Hall–Kier alpha value is -1.55. The van der Waals surface area contributed by atoms with Gasteiger partial charge < -0.3 is 14.9 Å². The number of quaternary nitrogens is 1. The topological polar surface area (TPSA) is 49.3 Å². The zero-order valence-electron chi connectivity index (χ0n) is 23.9. The maximum absolute atomic E-state index is 12.5. The van der Waals surface area contributed by atoms with Crippen LogP contribution < -0.4 is 5.32 Å². The number of benzene rings is 1. The summed E-state index contributed by atoms with van der Waals surface area (Å²) in [6, 6.07) is 4.17. The zero-order chi connectivity index (χ0) is 26.0. The minimum atomic E-state index is -0.150. The minimum Gasteiger partial charge on any atom is -0.507 e. The molecule has 34 heavy (non-hydrogen) atoms. The molecule has 0 heterocycles. The summed E-state index contributed by atoms with van der Waals surface area (Å²) in [5.74, 6) is 0.513. The van der Waals surface area contributed by atoms with Crippen LogP contribution in [0.25, 0.3) is 0 Å². The number of nitrogens with zero attached hydrogens (tertiary/aromatic N) is 1. The standard InChI is InChI=1S/C30H54N2O2/c1-10-11-12-13-14-15-20-32(8,9)21-16-19-31-27(33)18-17-24-22-25(29(2,3)4)28(34)26(23-24)30(5,6)7/h22-23H,10-21H2,1-9H3,(H-,31,33,34)/p+1. The number of aromatic hydroxyl groups is 1. The second-order valence-electron chi connectivity index (χ2n) is 12.9. The Bertz CT molecular complexity index is 719. The largest absolute Gasteiger partial charge is 0.507 e. The van der Waals surface area contributed by atoms with Crippen molar-refractivity contribution in [1.29, 1.82) is 0 Å². The monoisotopic (exact) mass is 475 g/mol. The number of rotatable bonds is 14. The first-order valence-electron chi connectivity index (χ1n) is 13.6. The maximum atomic E-state index is 12.5. The summed E-state index contributed by atoms with van der Waals surface area (Å²) in [4.78, 5) is 12.5. The van der Waals surface area contributed by atoms with Gasteiger partial charge in [-0.15, -0.1) is 0 Å². The van der Waals surface area contributed by atoms with Gasteiger partial charge in [0.25, 0.3) is 0 Å². The highest BCUT2D eigenvalue weighted by Crippen LogP contribution is 2.39. The van der Waals surface area contributed by atoms with Crippen molar-refractivity contribution < 1.29 is 14.4 Å². The third-order valence-corrected chi connectivity index (χ3v) is 6.81. The lowest BCUT2D eigenvalue weighted by molar-refractivity contribution is -0.890. The number of hydrogen-bond donors (Lipinski definition) is 2. The van der Waals surface area contributed by atoms with E-state index in [-0.39, 0.29) is 16.7 Å². The normalized spacial score (nSPS) is 12.7. The van der Waals surface area contributed by atoms with Crippen LogP contribution in [-0.2, 0) is 22.0 Å². The van der Waals surface area contributed by atoms with Crippen LogP contribution in [0.1, 0.15) is 117 Å². The number of unbranched alkanes of at least 4 members (excludes halogenated alkanes) is 5. The van der Waals surface area contributed by atoms with Gasteiger partial charge in [-0.2, -0.15) is 0 Å². The number of nitrogens with one attached hydrogen (secondary N) is 1. The summed E-state index contributed by atoms with van der Waals surface area (Å²) < 4.78 is 1.03. The molecule has 0 atom stereocenters.